The zero-order valence-electron chi connectivity index (χ0n) is 12.6. The van der Waals surface area contributed by atoms with Crippen molar-refractivity contribution in [1.82, 2.24) is 19.4 Å². The van der Waals surface area contributed by atoms with Gasteiger partial charge in [0.25, 0.3) is 0 Å². The summed E-state index contributed by atoms with van der Waals surface area (Å²) in [5.74, 6) is 1.18. The predicted octanol–water partition coefficient (Wildman–Crippen LogP) is 2.22. The number of alkyl halides is 3. The van der Waals surface area contributed by atoms with Gasteiger partial charge in [-0.15, -0.1) is 0 Å². The molecule has 0 atom stereocenters. The van der Waals surface area contributed by atoms with Crippen molar-refractivity contribution < 1.29 is 13.2 Å². The van der Waals surface area contributed by atoms with Crippen molar-refractivity contribution in [2.75, 3.05) is 33.7 Å². The zero-order chi connectivity index (χ0) is 15.5. The first kappa shape index (κ1) is 16.3. The molecule has 1 fully saturated rings. The van der Waals surface area contributed by atoms with E-state index >= 15 is 0 Å². The minimum Gasteiger partial charge on any atom is -0.325 e. The van der Waals surface area contributed by atoms with Gasteiger partial charge < -0.3 is 9.47 Å². The minimum absolute atomic E-state index is 0.498. The van der Waals surface area contributed by atoms with Crippen LogP contribution in [0.5, 0.6) is 0 Å². The molecule has 1 aliphatic heterocycles. The molecule has 0 amide bonds. The average Bonchev–Trinajstić information content (AvgIpc) is 2.76. The number of piperidine rings is 1. The number of nitrogens with zero attached hydrogens (tertiary/aromatic N) is 4. The fourth-order valence-electron chi connectivity index (χ4n) is 2.87. The van der Waals surface area contributed by atoms with Crippen LogP contribution in [0.4, 0.5) is 13.2 Å². The number of rotatable bonds is 5. The maximum atomic E-state index is 12.5. The molecule has 0 N–H and O–H groups in total. The number of likely N-dealkylation sites (tertiary alicyclic amines) is 1. The summed E-state index contributed by atoms with van der Waals surface area (Å²) in [4.78, 5) is 8.46. The highest BCUT2D eigenvalue weighted by atomic mass is 19.4. The second-order valence-corrected chi connectivity index (χ2v) is 6.07. The van der Waals surface area contributed by atoms with Crippen molar-refractivity contribution in [2.45, 2.75) is 32.1 Å². The first-order valence-electron chi connectivity index (χ1n) is 7.27. The Balaban J connectivity index is 1.85. The molecule has 2 rings (SSSR count). The Morgan fingerprint density at radius 1 is 1.29 bits per heavy atom. The van der Waals surface area contributed by atoms with Crippen LogP contribution in [0.15, 0.2) is 12.4 Å². The van der Waals surface area contributed by atoms with Crippen LogP contribution in [0.1, 0.15) is 18.7 Å². The first-order chi connectivity index (χ1) is 9.83. The summed E-state index contributed by atoms with van der Waals surface area (Å²) in [7, 11) is 4.14. The summed E-state index contributed by atoms with van der Waals surface area (Å²) in [6.07, 6.45) is 0.839. The maximum absolute atomic E-state index is 12.5. The SMILES string of the molecule is CN(C)CC1CCN(Cc2nccn2CC(F)(F)F)CC1. The van der Waals surface area contributed by atoms with Gasteiger partial charge in [0, 0.05) is 18.9 Å². The normalized spacial score (nSPS) is 18.6. The summed E-state index contributed by atoms with van der Waals surface area (Å²) >= 11 is 0. The minimum atomic E-state index is -4.20. The highest BCUT2D eigenvalue weighted by Crippen LogP contribution is 2.21. The van der Waals surface area contributed by atoms with E-state index in [1.165, 1.54) is 17.0 Å². The zero-order valence-corrected chi connectivity index (χ0v) is 12.6. The quantitative estimate of drug-likeness (QED) is 0.833. The molecule has 7 heteroatoms. The van der Waals surface area contributed by atoms with E-state index in [0.717, 1.165) is 32.5 Å². The van der Waals surface area contributed by atoms with Gasteiger partial charge in [0.1, 0.15) is 12.4 Å². The molecule has 0 radical (unpaired) electrons. The van der Waals surface area contributed by atoms with Crippen LogP contribution >= 0.6 is 0 Å². The number of halogens is 3. The van der Waals surface area contributed by atoms with E-state index in [2.05, 4.69) is 28.9 Å². The molecule has 0 aliphatic carbocycles. The van der Waals surface area contributed by atoms with Gasteiger partial charge in [-0.25, -0.2) is 4.98 Å². The molecular weight excluding hydrogens is 281 g/mol. The van der Waals surface area contributed by atoms with Crippen LogP contribution in [0.25, 0.3) is 0 Å². The smallest absolute Gasteiger partial charge is 0.325 e. The number of hydrogen-bond donors (Lipinski definition) is 0. The summed E-state index contributed by atoms with van der Waals surface area (Å²) in [5.41, 5.74) is 0. The van der Waals surface area contributed by atoms with Crippen molar-refractivity contribution >= 4 is 0 Å². The molecule has 0 aromatic carbocycles. The van der Waals surface area contributed by atoms with Crippen molar-refractivity contribution in [3.8, 4) is 0 Å². The second kappa shape index (κ2) is 6.79. The van der Waals surface area contributed by atoms with Gasteiger partial charge in [-0.3, -0.25) is 4.90 Å². The summed E-state index contributed by atoms with van der Waals surface area (Å²) in [6, 6.07) is 0. The Morgan fingerprint density at radius 3 is 2.52 bits per heavy atom. The molecule has 0 unspecified atom stereocenters. The van der Waals surface area contributed by atoms with Crippen molar-refractivity contribution in [3.63, 3.8) is 0 Å². The van der Waals surface area contributed by atoms with E-state index in [1.54, 1.807) is 0 Å². The Labute approximate surface area is 123 Å². The molecule has 1 aliphatic rings. The molecule has 1 aromatic heterocycles. The maximum Gasteiger partial charge on any atom is 0.406 e. The topological polar surface area (TPSA) is 24.3 Å². The third-order valence-electron chi connectivity index (χ3n) is 3.85. The van der Waals surface area contributed by atoms with E-state index in [9.17, 15) is 13.2 Å². The fourth-order valence-corrected chi connectivity index (χ4v) is 2.87. The lowest BCUT2D eigenvalue weighted by atomic mass is 9.96. The Hall–Kier alpha value is -1.08. The van der Waals surface area contributed by atoms with Crippen molar-refractivity contribution in [2.24, 2.45) is 5.92 Å². The fraction of sp³-hybridized carbons (Fsp3) is 0.786. The standard InChI is InChI=1S/C14H23F3N4/c1-19(2)9-12-3-6-20(7-4-12)10-13-18-5-8-21(13)11-14(15,16)17/h5,8,12H,3-4,6-7,9-11H2,1-2H3. The molecular formula is C14H23F3N4. The van der Waals surface area contributed by atoms with Gasteiger partial charge in [-0.1, -0.05) is 0 Å². The average molecular weight is 304 g/mol. The number of hydrogen-bond acceptors (Lipinski definition) is 3. The lowest BCUT2D eigenvalue weighted by molar-refractivity contribution is -0.141. The first-order valence-corrected chi connectivity index (χ1v) is 7.27. The Morgan fingerprint density at radius 2 is 1.95 bits per heavy atom. The van der Waals surface area contributed by atoms with E-state index < -0.39 is 12.7 Å². The van der Waals surface area contributed by atoms with Crippen LogP contribution < -0.4 is 0 Å². The summed E-state index contributed by atoms with van der Waals surface area (Å²) in [6.45, 7) is 2.47. The molecule has 0 saturated carbocycles. The monoisotopic (exact) mass is 304 g/mol. The molecule has 1 saturated heterocycles. The van der Waals surface area contributed by atoms with Gasteiger partial charge in [0.05, 0.1) is 6.54 Å². The predicted molar refractivity (Wildman–Crippen MR) is 74.8 cm³/mol. The van der Waals surface area contributed by atoms with E-state index in [0.29, 0.717) is 18.3 Å². The van der Waals surface area contributed by atoms with Gasteiger partial charge in [0.2, 0.25) is 0 Å². The van der Waals surface area contributed by atoms with Crippen molar-refractivity contribution in [3.05, 3.63) is 18.2 Å². The highest BCUT2D eigenvalue weighted by Gasteiger charge is 2.29. The van der Waals surface area contributed by atoms with Gasteiger partial charge in [-0.05, 0) is 45.9 Å². The Kier molecular flexibility index (Phi) is 5.27. The molecule has 120 valence electrons. The molecule has 0 spiro atoms. The molecule has 4 nitrogen and oxygen atoms in total. The van der Waals surface area contributed by atoms with Gasteiger partial charge >= 0.3 is 6.18 Å². The number of aromatic nitrogens is 2. The highest BCUT2D eigenvalue weighted by molar-refractivity contribution is 4.94. The number of imidazole rings is 1. The van der Waals surface area contributed by atoms with Crippen LogP contribution in [0.3, 0.4) is 0 Å². The van der Waals surface area contributed by atoms with Crippen LogP contribution in [0.2, 0.25) is 0 Å². The third-order valence-corrected chi connectivity index (χ3v) is 3.85. The van der Waals surface area contributed by atoms with Crippen LogP contribution in [0, 0.1) is 5.92 Å². The molecule has 1 aromatic rings. The molecule has 21 heavy (non-hydrogen) atoms. The third kappa shape index (κ3) is 5.32. The second-order valence-electron chi connectivity index (χ2n) is 6.07. The van der Waals surface area contributed by atoms with Gasteiger partial charge in [-0.2, -0.15) is 13.2 Å². The summed E-state index contributed by atoms with van der Waals surface area (Å²) in [5, 5.41) is 0. The van der Waals surface area contributed by atoms with Crippen LogP contribution in [-0.4, -0.2) is 59.3 Å². The molecule has 2 heterocycles. The van der Waals surface area contributed by atoms with E-state index in [1.807, 2.05) is 0 Å². The lowest BCUT2D eigenvalue weighted by Gasteiger charge is -2.33. The Bertz CT molecular complexity index is 434. The van der Waals surface area contributed by atoms with E-state index in [-0.39, 0.29) is 0 Å². The van der Waals surface area contributed by atoms with Crippen LogP contribution in [-0.2, 0) is 13.1 Å². The molecule has 0 bridgehead atoms. The van der Waals surface area contributed by atoms with Crippen molar-refractivity contribution in [1.29, 1.82) is 0 Å². The van der Waals surface area contributed by atoms with E-state index in [4.69, 9.17) is 0 Å². The lowest BCUT2D eigenvalue weighted by Crippen LogP contribution is -2.37. The largest absolute Gasteiger partial charge is 0.406 e. The summed E-state index contributed by atoms with van der Waals surface area (Å²) < 4.78 is 38.7. The van der Waals surface area contributed by atoms with Gasteiger partial charge in [0.15, 0.2) is 0 Å².